The van der Waals surface area contributed by atoms with Gasteiger partial charge >= 0.3 is 6.18 Å². The number of Topliss-reactive ketones (excluding diaryl/α,β-unsaturated/α-hetero) is 1. The van der Waals surface area contributed by atoms with Crippen LogP contribution in [0.3, 0.4) is 0 Å². The van der Waals surface area contributed by atoms with Crippen molar-refractivity contribution in [1.29, 1.82) is 0 Å². The van der Waals surface area contributed by atoms with Crippen LogP contribution in [-0.2, 0) is 6.18 Å². The molecule has 0 atom stereocenters. The van der Waals surface area contributed by atoms with E-state index in [-0.39, 0.29) is 17.1 Å². The molecule has 0 aliphatic rings. The zero-order valence-electron chi connectivity index (χ0n) is 9.76. The van der Waals surface area contributed by atoms with Crippen LogP contribution in [0.25, 0.3) is 0 Å². The van der Waals surface area contributed by atoms with Crippen molar-refractivity contribution in [3.05, 3.63) is 29.3 Å². The summed E-state index contributed by atoms with van der Waals surface area (Å²) in [6.07, 6.45) is -4.88. The first-order chi connectivity index (χ1) is 7.71. The van der Waals surface area contributed by atoms with Gasteiger partial charge in [0.2, 0.25) is 0 Å². The molecule has 0 saturated carbocycles. The van der Waals surface area contributed by atoms with E-state index in [4.69, 9.17) is 4.74 Å². The minimum atomic E-state index is -4.49. The van der Waals surface area contributed by atoms with Gasteiger partial charge in [-0.05, 0) is 32.9 Å². The van der Waals surface area contributed by atoms with Gasteiger partial charge in [0.05, 0.1) is 11.7 Å². The standard InChI is InChI=1S/C12H13F3O2/c1-7(2)17-11-6-9(8(3)16)4-5-10(11)12(13,14)15/h4-7H,1-3H3. The summed E-state index contributed by atoms with van der Waals surface area (Å²) in [4.78, 5) is 11.1. The second-order valence-electron chi connectivity index (χ2n) is 3.93. The quantitative estimate of drug-likeness (QED) is 0.760. The van der Waals surface area contributed by atoms with Crippen molar-refractivity contribution in [2.75, 3.05) is 0 Å². The first-order valence-corrected chi connectivity index (χ1v) is 5.10. The van der Waals surface area contributed by atoms with Gasteiger partial charge in [0, 0.05) is 5.56 Å². The molecule has 0 aliphatic heterocycles. The lowest BCUT2D eigenvalue weighted by atomic mass is 10.1. The molecular formula is C12H13F3O2. The predicted molar refractivity (Wildman–Crippen MR) is 57.2 cm³/mol. The summed E-state index contributed by atoms with van der Waals surface area (Å²) in [6.45, 7) is 4.54. The van der Waals surface area contributed by atoms with Crippen molar-refractivity contribution in [2.24, 2.45) is 0 Å². The maximum absolute atomic E-state index is 12.7. The molecule has 1 aromatic carbocycles. The van der Waals surface area contributed by atoms with E-state index in [2.05, 4.69) is 0 Å². The topological polar surface area (TPSA) is 26.3 Å². The SMILES string of the molecule is CC(=O)c1ccc(C(F)(F)F)c(OC(C)C)c1. The van der Waals surface area contributed by atoms with E-state index < -0.39 is 17.8 Å². The summed E-state index contributed by atoms with van der Waals surface area (Å²) in [7, 11) is 0. The van der Waals surface area contributed by atoms with E-state index in [1.807, 2.05) is 0 Å². The van der Waals surface area contributed by atoms with Crippen LogP contribution in [-0.4, -0.2) is 11.9 Å². The van der Waals surface area contributed by atoms with Gasteiger partial charge in [-0.2, -0.15) is 13.2 Å². The molecule has 94 valence electrons. The van der Waals surface area contributed by atoms with Gasteiger partial charge in [0.15, 0.2) is 5.78 Å². The third-order valence-electron chi connectivity index (χ3n) is 2.06. The van der Waals surface area contributed by atoms with Crippen molar-refractivity contribution < 1.29 is 22.7 Å². The Kier molecular flexibility index (Phi) is 3.80. The zero-order chi connectivity index (χ0) is 13.2. The number of halogens is 3. The summed E-state index contributed by atoms with van der Waals surface area (Å²) >= 11 is 0. The Hall–Kier alpha value is -1.52. The average Bonchev–Trinajstić information content (AvgIpc) is 2.14. The monoisotopic (exact) mass is 246 g/mol. The highest BCUT2D eigenvalue weighted by atomic mass is 19.4. The molecule has 0 heterocycles. The fourth-order valence-electron chi connectivity index (χ4n) is 1.33. The van der Waals surface area contributed by atoms with E-state index in [1.165, 1.54) is 6.92 Å². The fraction of sp³-hybridized carbons (Fsp3) is 0.417. The first-order valence-electron chi connectivity index (χ1n) is 5.10. The summed E-state index contributed by atoms with van der Waals surface area (Å²) in [5, 5.41) is 0. The van der Waals surface area contributed by atoms with E-state index in [0.29, 0.717) is 0 Å². The van der Waals surface area contributed by atoms with Gasteiger partial charge in [0.25, 0.3) is 0 Å². The van der Waals surface area contributed by atoms with Crippen LogP contribution >= 0.6 is 0 Å². The van der Waals surface area contributed by atoms with E-state index in [0.717, 1.165) is 18.2 Å². The molecule has 0 aromatic heterocycles. The Bertz CT molecular complexity index is 422. The van der Waals surface area contributed by atoms with Crippen molar-refractivity contribution >= 4 is 5.78 Å². The normalized spacial score (nSPS) is 11.7. The van der Waals surface area contributed by atoms with Crippen LogP contribution < -0.4 is 4.74 Å². The largest absolute Gasteiger partial charge is 0.490 e. The zero-order valence-corrected chi connectivity index (χ0v) is 9.76. The van der Waals surface area contributed by atoms with Gasteiger partial charge < -0.3 is 4.74 Å². The Morgan fingerprint density at radius 3 is 2.29 bits per heavy atom. The predicted octanol–water partition coefficient (Wildman–Crippen LogP) is 3.70. The van der Waals surface area contributed by atoms with Crippen molar-refractivity contribution in [2.45, 2.75) is 33.1 Å². The minimum Gasteiger partial charge on any atom is -0.490 e. The number of rotatable bonds is 3. The molecule has 17 heavy (non-hydrogen) atoms. The molecule has 0 radical (unpaired) electrons. The highest BCUT2D eigenvalue weighted by molar-refractivity contribution is 5.94. The Morgan fingerprint density at radius 2 is 1.88 bits per heavy atom. The molecule has 0 saturated heterocycles. The molecular weight excluding hydrogens is 233 g/mol. The van der Waals surface area contributed by atoms with Gasteiger partial charge in [-0.25, -0.2) is 0 Å². The van der Waals surface area contributed by atoms with Gasteiger partial charge in [-0.1, -0.05) is 6.07 Å². The second kappa shape index (κ2) is 4.77. The average molecular weight is 246 g/mol. The number of benzene rings is 1. The highest BCUT2D eigenvalue weighted by Crippen LogP contribution is 2.37. The number of ether oxygens (including phenoxy) is 1. The molecule has 0 bridgehead atoms. The third-order valence-corrected chi connectivity index (χ3v) is 2.06. The van der Waals surface area contributed by atoms with Crippen molar-refractivity contribution in [3.8, 4) is 5.75 Å². The molecule has 0 aliphatic carbocycles. The Morgan fingerprint density at radius 1 is 1.29 bits per heavy atom. The molecule has 2 nitrogen and oxygen atoms in total. The summed E-state index contributed by atoms with van der Waals surface area (Å²) in [5.74, 6) is -0.604. The summed E-state index contributed by atoms with van der Waals surface area (Å²) in [5.41, 5.74) is -0.662. The number of carbonyl (C=O) groups is 1. The molecule has 0 fully saturated rings. The number of ketones is 1. The molecule has 1 rings (SSSR count). The maximum atomic E-state index is 12.7. The number of hydrogen-bond acceptors (Lipinski definition) is 2. The lowest BCUT2D eigenvalue weighted by molar-refractivity contribution is -0.139. The van der Waals surface area contributed by atoms with Crippen LogP contribution in [0, 0.1) is 0 Å². The third kappa shape index (κ3) is 3.47. The molecule has 1 aromatic rings. The van der Waals surface area contributed by atoms with Crippen LogP contribution in [0.4, 0.5) is 13.2 Å². The van der Waals surface area contributed by atoms with Crippen molar-refractivity contribution in [3.63, 3.8) is 0 Å². The highest BCUT2D eigenvalue weighted by Gasteiger charge is 2.34. The van der Waals surface area contributed by atoms with Gasteiger partial charge in [-0.15, -0.1) is 0 Å². The smallest absolute Gasteiger partial charge is 0.419 e. The van der Waals surface area contributed by atoms with E-state index in [1.54, 1.807) is 13.8 Å². The van der Waals surface area contributed by atoms with E-state index in [9.17, 15) is 18.0 Å². The minimum absolute atomic E-state index is 0.202. The lowest BCUT2D eigenvalue weighted by Crippen LogP contribution is -2.13. The summed E-state index contributed by atoms with van der Waals surface area (Å²) in [6, 6.07) is 3.15. The maximum Gasteiger partial charge on any atom is 0.419 e. The Labute approximate surface area is 97.4 Å². The van der Waals surface area contributed by atoms with Crippen LogP contribution in [0.2, 0.25) is 0 Å². The van der Waals surface area contributed by atoms with Crippen LogP contribution in [0.5, 0.6) is 5.75 Å². The summed E-state index contributed by atoms with van der Waals surface area (Å²) < 4.78 is 43.1. The fourth-order valence-corrected chi connectivity index (χ4v) is 1.33. The molecule has 0 unspecified atom stereocenters. The van der Waals surface area contributed by atoms with Crippen molar-refractivity contribution in [1.82, 2.24) is 0 Å². The number of hydrogen-bond donors (Lipinski definition) is 0. The molecule has 5 heteroatoms. The Balaban J connectivity index is 3.26. The second-order valence-corrected chi connectivity index (χ2v) is 3.93. The van der Waals surface area contributed by atoms with Gasteiger partial charge in [-0.3, -0.25) is 4.79 Å². The molecule has 0 amide bonds. The lowest BCUT2D eigenvalue weighted by Gasteiger charge is -2.16. The van der Waals surface area contributed by atoms with Gasteiger partial charge in [0.1, 0.15) is 5.75 Å². The van der Waals surface area contributed by atoms with E-state index >= 15 is 0 Å². The van der Waals surface area contributed by atoms with Crippen LogP contribution in [0.1, 0.15) is 36.7 Å². The molecule has 0 N–H and O–H groups in total. The first kappa shape index (κ1) is 13.5. The molecule has 0 spiro atoms. The number of alkyl halides is 3. The number of carbonyl (C=O) groups excluding carboxylic acids is 1. The van der Waals surface area contributed by atoms with Crippen LogP contribution in [0.15, 0.2) is 18.2 Å².